The molecule has 1 aromatic carbocycles. The van der Waals surface area contributed by atoms with Crippen LogP contribution in [0.3, 0.4) is 0 Å². The summed E-state index contributed by atoms with van der Waals surface area (Å²) in [6.07, 6.45) is 2.92. The monoisotopic (exact) mass is 335 g/mol. The minimum Gasteiger partial charge on any atom is -0.480 e. The van der Waals surface area contributed by atoms with Crippen LogP contribution in [0, 0.1) is 5.41 Å². The molecule has 1 aromatic heterocycles. The van der Waals surface area contributed by atoms with Crippen LogP contribution in [0.25, 0.3) is 5.69 Å². The van der Waals surface area contributed by atoms with Crippen LogP contribution in [0.5, 0.6) is 0 Å². The number of nitrogens with zero attached hydrogens (tertiary/aromatic N) is 2. The van der Waals surface area contributed by atoms with E-state index in [4.69, 9.17) is 11.6 Å². The van der Waals surface area contributed by atoms with Gasteiger partial charge < -0.3 is 10.4 Å². The molecule has 2 rings (SSSR count). The van der Waals surface area contributed by atoms with E-state index in [-0.39, 0.29) is 5.56 Å². The molecule has 0 aliphatic rings. The first-order valence-corrected chi connectivity index (χ1v) is 7.40. The summed E-state index contributed by atoms with van der Waals surface area (Å²) in [7, 11) is 0. The zero-order valence-corrected chi connectivity index (χ0v) is 13.8. The molecule has 2 aromatic rings. The van der Waals surface area contributed by atoms with Gasteiger partial charge in [0.05, 0.1) is 17.4 Å². The van der Waals surface area contributed by atoms with Gasteiger partial charge in [0.1, 0.15) is 6.04 Å². The fourth-order valence-electron chi connectivity index (χ4n) is 2.06. The number of carbonyl (C=O) groups is 2. The number of carboxylic acids is 1. The molecule has 0 radical (unpaired) electrons. The Hall–Kier alpha value is -2.34. The van der Waals surface area contributed by atoms with E-state index in [1.807, 2.05) is 0 Å². The molecule has 122 valence electrons. The number of hydrogen-bond acceptors (Lipinski definition) is 3. The molecule has 0 fully saturated rings. The summed E-state index contributed by atoms with van der Waals surface area (Å²) in [5, 5.41) is 16.5. The summed E-state index contributed by atoms with van der Waals surface area (Å²) in [5.74, 6) is -1.56. The molecule has 23 heavy (non-hydrogen) atoms. The molecular weight excluding hydrogens is 318 g/mol. The summed E-state index contributed by atoms with van der Waals surface area (Å²) in [4.78, 5) is 23.6. The second kappa shape index (κ2) is 6.42. The van der Waals surface area contributed by atoms with Crippen LogP contribution < -0.4 is 5.32 Å². The molecule has 1 atom stereocenters. The van der Waals surface area contributed by atoms with E-state index in [0.29, 0.717) is 10.7 Å². The van der Waals surface area contributed by atoms with Gasteiger partial charge in [0, 0.05) is 11.2 Å². The molecule has 0 saturated carbocycles. The summed E-state index contributed by atoms with van der Waals surface area (Å²) >= 11 is 5.93. The predicted molar refractivity (Wildman–Crippen MR) is 86.9 cm³/mol. The number of aromatic nitrogens is 2. The average Bonchev–Trinajstić information content (AvgIpc) is 2.92. The first kappa shape index (κ1) is 17.0. The Kier molecular flexibility index (Phi) is 4.75. The van der Waals surface area contributed by atoms with Gasteiger partial charge in [-0.25, -0.2) is 9.48 Å². The second-order valence-electron chi connectivity index (χ2n) is 6.26. The highest BCUT2D eigenvalue weighted by molar-refractivity contribution is 6.30. The number of rotatable bonds is 4. The van der Waals surface area contributed by atoms with Crippen molar-refractivity contribution in [3.05, 3.63) is 47.2 Å². The Morgan fingerprint density at radius 3 is 2.61 bits per heavy atom. The standard InChI is InChI=1S/C16H18ClN3O3/c1-16(2,3)13(15(22)23)19-14(21)10-8-18-20(9-10)12-6-4-5-11(17)7-12/h4-9,13H,1-3H3,(H,19,21)(H,22,23)/t13-/m1/s1. The minimum absolute atomic E-state index is 0.278. The smallest absolute Gasteiger partial charge is 0.326 e. The highest BCUT2D eigenvalue weighted by Gasteiger charge is 2.33. The number of carbonyl (C=O) groups excluding carboxylic acids is 1. The average molecular weight is 336 g/mol. The molecule has 0 unspecified atom stereocenters. The second-order valence-corrected chi connectivity index (χ2v) is 6.70. The summed E-state index contributed by atoms with van der Waals surface area (Å²) in [5.41, 5.74) is 0.382. The molecule has 7 heteroatoms. The van der Waals surface area contributed by atoms with Crippen molar-refractivity contribution in [3.63, 3.8) is 0 Å². The van der Waals surface area contributed by atoms with Crippen molar-refractivity contribution >= 4 is 23.5 Å². The lowest BCUT2D eigenvalue weighted by Crippen LogP contribution is -2.49. The van der Waals surface area contributed by atoms with Crippen molar-refractivity contribution in [2.24, 2.45) is 5.41 Å². The van der Waals surface area contributed by atoms with Gasteiger partial charge in [-0.1, -0.05) is 38.4 Å². The zero-order chi connectivity index (χ0) is 17.2. The Labute approximate surface area is 139 Å². The van der Waals surface area contributed by atoms with Crippen molar-refractivity contribution in [3.8, 4) is 5.69 Å². The normalized spacial score (nSPS) is 12.7. The number of hydrogen-bond donors (Lipinski definition) is 2. The lowest BCUT2D eigenvalue weighted by molar-refractivity contribution is -0.142. The zero-order valence-electron chi connectivity index (χ0n) is 13.1. The first-order chi connectivity index (χ1) is 10.7. The molecule has 0 spiro atoms. The Balaban J connectivity index is 2.20. The number of carboxylic acid groups (broad SMARTS) is 1. The maximum absolute atomic E-state index is 12.3. The van der Waals surface area contributed by atoms with Crippen LogP contribution in [-0.2, 0) is 4.79 Å². The highest BCUT2D eigenvalue weighted by Crippen LogP contribution is 2.20. The predicted octanol–water partition coefficient (Wildman–Crippen LogP) is 2.75. The van der Waals surface area contributed by atoms with Gasteiger partial charge in [-0.2, -0.15) is 5.10 Å². The minimum atomic E-state index is -1.08. The summed E-state index contributed by atoms with van der Waals surface area (Å²) in [6, 6.07) is 6.04. The molecule has 6 nitrogen and oxygen atoms in total. The Morgan fingerprint density at radius 1 is 1.35 bits per heavy atom. The number of halogens is 1. The van der Waals surface area contributed by atoms with Crippen LogP contribution in [0.15, 0.2) is 36.7 Å². The van der Waals surface area contributed by atoms with Gasteiger partial charge in [0.2, 0.25) is 0 Å². The molecule has 2 N–H and O–H groups in total. The van der Waals surface area contributed by atoms with Crippen molar-refractivity contribution in [2.45, 2.75) is 26.8 Å². The van der Waals surface area contributed by atoms with Gasteiger partial charge in [-0.05, 0) is 23.6 Å². The van der Waals surface area contributed by atoms with Crippen molar-refractivity contribution in [1.29, 1.82) is 0 Å². The number of aliphatic carboxylic acids is 1. The Bertz CT molecular complexity index is 734. The van der Waals surface area contributed by atoms with E-state index >= 15 is 0 Å². The fraction of sp³-hybridized carbons (Fsp3) is 0.312. The number of amides is 1. The molecule has 1 heterocycles. The topological polar surface area (TPSA) is 84.2 Å². The van der Waals surface area contributed by atoms with Crippen LogP contribution in [0.4, 0.5) is 0 Å². The van der Waals surface area contributed by atoms with E-state index in [1.165, 1.54) is 17.1 Å². The first-order valence-electron chi connectivity index (χ1n) is 7.03. The molecular formula is C16H18ClN3O3. The lowest BCUT2D eigenvalue weighted by Gasteiger charge is -2.27. The molecule has 0 bridgehead atoms. The summed E-state index contributed by atoms with van der Waals surface area (Å²) < 4.78 is 1.51. The highest BCUT2D eigenvalue weighted by atomic mass is 35.5. The quantitative estimate of drug-likeness (QED) is 0.899. The summed E-state index contributed by atoms with van der Waals surface area (Å²) in [6.45, 7) is 5.25. The van der Waals surface area contributed by atoms with Crippen molar-refractivity contribution in [1.82, 2.24) is 15.1 Å². The third-order valence-corrected chi connectivity index (χ3v) is 3.54. The van der Waals surface area contributed by atoms with Crippen molar-refractivity contribution < 1.29 is 14.7 Å². The molecule has 0 saturated heterocycles. The van der Waals surface area contributed by atoms with Gasteiger partial charge in [0.15, 0.2) is 0 Å². The largest absolute Gasteiger partial charge is 0.480 e. The van der Waals surface area contributed by atoms with E-state index in [2.05, 4.69) is 10.4 Å². The molecule has 0 aliphatic carbocycles. The van der Waals surface area contributed by atoms with Crippen molar-refractivity contribution in [2.75, 3.05) is 0 Å². The van der Waals surface area contributed by atoms with Gasteiger partial charge in [-0.3, -0.25) is 4.79 Å². The Morgan fingerprint density at radius 2 is 2.04 bits per heavy atom. The molecule has 1 amide bonds. The van der Waals surface area contributed by atoms with E-state index in [0.717, 1.165) is 0 Å². The van der Waals surface area contributed by atoms with Crippen LogP contribution in [0.1, 0.15) is 31.1 Å². The van der Waals surface area contributed by atoms with Gasteiger partial charge in [0.25, 0.3) is 5.91 Å². The molecule has 0 aliphatic heterocycles. The van der Waals surface area contributed by atoms with E-state index < -0.39 is 23.3 Å². The number of benzene rings is 1. The van der Waals surface area contributed by atoms with Gasteiger partial charge >= 0.3 is 5.97 Å². The lowest BCUT2D eigenvalue weighted by atomic mass is 9.86. The van der Waals surface area contributed by atoms with E-state index in [1.54, 1.807) is 45.0 Å². The van der Waals surface area contributed by atoms with Crippen LogP contribution in [0.2, 0.25) is 5.02 Å². The maximum atomic E-state index is 12.3. The SMILES string of the molecule is CC(C)(C)[C@H](NC(=O)c1cnn(-c2cccc(Cl)c2)c1)C(=O)O. The van der Waals surface area contributed by atoms with Crippen LogP contribution >= 0.6 is 11.6 Å². The maximum Gasteiger partial charge on any atom is 0.326 e. The van der Waals surface area contributed by atoms with Gasteiger partial charge in [-0.15, -0.1) is 0 Å². The third-order valence-electron chi connectivity index (χ3n) is 3.31. The van der Waals surface area contributed by atoms with Crippen LogP contribution in [-0.4, -0.2) is 32.8 Å². The third kappa shape index (κ3) is 4.10. The fourth-order valence-corrected chi connectivity index (χ4v) is 2.25. The van der Waals surface area contributed by atoms with E-state index in [9.17, 15) is 14.7 Å². The number of nitrogens with one attached hydrogen (secondary N) is 1.